The fraction of sp³-hybridized carbons (Fsp3) is 0.556. The molecule has 0 aromatic heterocycles. The van der Waals surface area contributed by atoms with Crippen LogP contribution in [0.25, 0.3) is 0 Å². The maximum absolute atomic E-state index is 11.7. The van der Waals surface area contributed by atoms with Crippen LogP contribution in [-0.4, -0.2) is 33.7 Å². The summed E-state index contributed by atoms with van der Waals surface area (Å²) in [4.78, 5) is 23.2. The molecule has 1 aromatic rings. The van der Waals surface area contributed by atoms with Crippen molar-refractivity contribution in [1.29, 1.82) is 0 Å². The number of rotatable bonds is 8. The van der Waals surface area contributed by atoms with Crippen LogP contribution in [0.1, 0.15) is 46.1 Å². The van der Waals surface area contributed by atoms with E-state index >= 15 is 0 Å². The van der Waals surface area contributed by atoms with Crippen LogP contribution in [0.2, 0.25) is 0 Å². The Balaban J connectivity index is 2.83. The quantitative estimate of drug-likeness (QED) is 0.685. The highest BCUT2D eigenvalue weighted by Gasteiger charge is 2.40. The van der Waals surface area contributed by atoms with Crippen molar-refractivity contribution < 1.29 is 19.8 Å². The molecule has 3 N–H and O–H groups in total. The standard InChI is InChI=1S/C18H27NO4/c1-17(2,3)12-18(4,16(22)23)19-14(15(20)21)11-10-13-8-6-5-7-9-13/h5-9,14,19H,10-12H2,1-4H3,(H,20,21)(H,22,23)/t14-,18?/m0/s1. The second kappa shape index (κ2) is 7.59. The molecule has 1 unspecified atom stereocenters. The van der Waals surface area contributed by atoms with E-state index in [-0.39, 0.29) is 5.41 Å². The van der Waals surface area contributed by atoms with Gasteiger partial charge in [-0.25, -0.2) is 0 Å². The largest absolute Gasteiger partial charge is 0.480 e. The molecule has 5 nitrogen and oxygen atoms in total. The fourth-order valence-electron chi connectivity index (χ4n) is 2.85. The van der Waals surface area contributed by atoms with Gasteiger partial charge in [0.15, 0.2) is 0 Å². The van der Waals surface area contributed by atoms with E-state index in [0.717, 1.165) is 5.56 Å². The van der Waals surface area contributed by atoms with Gasteiger partial charge in [0.1, 0.15) is 11.6 Å². The van der Waals surface area contributed by atoms with Crippen LogP contribution >= 0.6 is 0 Å². The Morgan fingerprint density at radius 3 is 2.09 bits per heavy atom. The number of nitrogens with one attached hydrogen (secondary N) is 1. The first-order valence-corrected chi connectivity index (χ1v) is 7.81. The predicted octanol–water partition coefficient (Wildman–Crippen LogP) is 2.94. The molecule has 23 heavy (non-hydrogen) atoms. The molecule has 0 aliphatic carbocycles. The lowest BCUT2D eigenvalue weighted by Gasteiger charge is -2.35. The molecule has 0 aliphatic heterocycles. The molecule has 0 fully saturated rings. The van der Waals surface area contributed by atoms with Crippen LogP contribution in [-0.2, 0) is 16.0 Å². The van der Waals surface area contributed by atoms with Crippen molar-refractivity contribution in [1.82, 2.24) is 5.32 Å². The van der Waals surface area contributed by atoms with E-state index in [0.29, 0.717) is 19.3 Å². The molecule has 0 radical (unpaired) electrons. The van der Waals surface area contributed by atoms with Crippen molar-refractivity contribution in [3.8, 4) is 0 Å². The first-order chi connectivity index (χ1) is 10.5. The van der Waals surface area contributed by atoms with Gasteiger partial charge in [-0.15, -0.1) is 0 Å². The minimum Gasteiger partial charge on any atom is -0.480 e. The van der Waals surface area contributed by atoms with Crippen molar-refractivity contribution in [2.75, 3.05) is 0 Å². The SMILES string of the molecule is CC(C)(C)CC(C)(N[C@@H](CCc1ccccc1)C(=O)O)C(=O)O. The number of hydrogen-bond acceptors (Lipinski definition) is 3. The van der Waals surface area contributed by atoms with Crippen LogP contribution in [0.15, 0.2) is 30.3 Å². The van der Waals surface area contributed by atoms with Gasteiger partial charge in [0, 0.05) is 0 Å². The van der Waals surface area contributed by atoms with Crippen molar-refractivity contribution in [3.05, 3.63) is 35.9 Å². The number of aryl methyl sites for hydroxylation is 1. The van der Waals surface area contributed by atoms with E-state index in [4.69, 9.17) is 0 Å². The van der Waals surface area contributed by atoms with Crippen LogP contribution in [0.4, 0.5) is 0 Å². The lowest BCUT2D eigenvalue weighted by atomic mass is 9.80. The third-order valence-corrected chi connectivity index (χ3v) is 3.71. The summed E-state index contributed by atoms with van der Waals surface area (Å²) in [7, 11) is 0. The Morgan fingerprint density at radius 2 is 1.65 bits per heavy atom. The first kappa shape index (κ1) is 19.2. The predicted molar refractivity (Wildman–Crippen MR) is 89.4 cm³/mol. The lowest BCUT2D eigenvalue weighted by molar-refractivity contribution is -0.148. The number of carboxylic acid groups (broad SMARTS) is 2. The first-order valence-electron chi connectivity index (χ1n) is 7.81. The van der Waals surface area contributed by atoms with Crippen molar-refractivity contribution in [3.63, 3.8) is 0 Å². The molecular weight excluding hydrogens is 294 g/mol. The van der Waals surface area contributed by atoms with E-state index in [2.05, 4.69) is 5.32 Å². The van der Waals surface area contributed by atoms with Crippen LogP contribution in [0.3, 0.4) is 0 Å². The molecule has 1 rings (SSSR count). The van der Waals surface area contributed by atoms with Gasteiger partial charge in [0.05, 0.1) is 0 Å². The average Bonchev–Trinajstić information content (AvgIpc) is 2.42. The average molecular weight is 321 g/mol. The Labute approximate surface area is 137 Å². The third-order valence-electron chi connectivity index (χ3n) is 3.71. The Bertz CT molecular complexity index is 536. The zero-order valence-corrected chi connectivity index (χ0v) is 14.3. The highest BCUT2D eigenvalue weighted by molar-refractivity contribution is 5.80. The van der Waals surface area contributed by atoms with E-state index in [1.54, 1.807) is 6.92 Å². The number of carbonyl (C=O) groups is 2. The minimum atomic E-state index is -1.28. The second-order valence-corrected chi connectivity index (χ2v) is 7.43. The minimum absolute atomic E-state index is 0.234. The maximum atomic E-state index is 11.7. The highest BCUT2D eigenvalue weighted by atomic mass is 16.4. The molecule has 2 atom stereocenters. The van der Waals surface area contributed by atoms with Gasteiger partial charge >= 0.3 is 11.9 Å². The molecule has 5 heteroatoms. The Kier molecular flexibility index (Phi) is 6.33. The monoisotopic (exact) mass is 321 g/mol. The summed E-state index contributed by atoms with van der Waals surface area (Å²) >= 11 is 0. The normalized spacial score (nSPS) is 15.7. The smallest absolute Gasteiger partial charge is 0.323 e. The van der Waals surface area contributed by atoms with Gasteiger partial charge < -0.3 is 10.2 Å². The molecule has 0 spiro atoms. The summed E-state index contributed by atoms with van der Waals surface area (Å²) in [6.07, 6.45) is 1.26. The van der Waals surface area contributed by atoms with E-state index in [1.807, 2.05) is 51.1 Å². The van der Waals surface area contributed by atoms with Crippen LogP contribution in [0.5, 0.6) is 0 Å². The van der Waals surface area contributed by atoms with Crippen molar-refractivity contribution in [2.45, 2.75) is 58.5 Å². The summed E-state index contributed by atoms with van der Waals surface area (Å²) in [5.41, 5.74) is -0.478. The topological polar surface area (TPSA) is 86.6 Å². The van der Waals surface area contributed by atoms with E-state index in [1.165, 1.54) is 0 Å². The molecule has 0 heterocycles. The molecule has 0 aliphatic rings. The summed E-state index contributed by atoms with van der Waals surface area (Å²) in [5.74, 6) is -2.05. The van der Waals surface area contributed by atoms with Gasteiger partial charge in [-0.1, -0.05) is 51.1 Å². The zero-order chi connectivity index (χ0) is 17.7. The van der Waals surface area contributed by atoms with Crippen LogP contribution in [0, 0.1) is 5.41 Å². The van der Waals surface area contributed by atoms with Gasteiger partial charge in [-0.05, 0) is 37.2 Å². The number of aliphatic carboxylic acids is 2. The fourth-order valence-corrected chi connectivity index (χ4v) is 2.85. The third kappa shape index (κ3) is 6.40. The molecule has 0 saturated heterocycles. The molecule has 1 aromatic carbocycles. The van der Waals surface area contributed by atoms with Gasteiger partial charge in [-0.2, -0.15) is 0 Å². The number of hydrogen-bond donors (Lipinski definition) is 3. The highest BCUT2D eigenvalue weighted by Crippen LogP contribution is 2.28. The van der Waals surface area contributed by atoms with Crippen LogP contribution < -0.4 is 5.32 Å². The summed E-state index contributed by atoms with van der Waals surface area (Å²) in [5, 5.41) is 21.9. The lowest BCUT2D eigenvalue weighted by Crippen LogP contribution is -2.57. The Hall–Kier alpha value is -1.88. The number of carboxylic acids is 2. The summed E-state index contributed by atoms with van der Waals surface area (Å²) < 4.78 is 0. The van der Waals surface area contributed by atoms with Gasteiger partial charge in [0.2, 0.25) is 0 Å². The molecule has 0 saturated carbocycles. The Morgan fingerprint density at radius 1 is 1.09 bits per heavy atom. The summed E-state index contributed by atoms with van der Waals surface area (Å²) in [6, 6.07) is 8.67. The van der Waals surface area contributed by atoms with Gasteiger partial charge in [0.25, 0.3) is 0 Å². The molecular formula is C18H27NO4. The van der Waals surface area contributed by atoms with Crippen molar-refractivity contribution >= 4 is 11.9 Å². The molecule has 128 valence electrons. The van der Waals surface area contributed by atoms with E-state index in [9.17, 15) is 19.8 Å². The molecule has 0 amide bonds. The maximum Gasteiger partial charge on any atom is 0.323 e. The summed E-state index contributed by atoms with van der Waals surface area (Å²) in [6.45, 7) is 7.37. The van der Waals surface area contributed by atoms with E-state index < -0.39 is 23.5 Å². The number of benzene rings is 1. The van der Waals surface area contributed by atoms with Gasteiger partial charge in [-0.3, -0.25) is 14.9 Å². The zero-order valence-electron chi connectivity index (χ0n) is 14.3. The molecule has 0 bridgehead atoms. The second-order valence-electron chi connectivity index (χ2n) is 7.43. The van der Waals surface area contributed by atoms with Crippen molar-refractivity contribution in [2.24, 2.45) is 5.41 Å².